The van der Waals surface area contributed by atoms with Crippen LogP contribution < -0.4 is 15.2 Å². The quantitative estimate of drug-likeness (QED) is 0.707. The Hall–Kier alpha value is -1.06. The van der Waals surface area contributed by atoms with Gasteiger partial charge in [0.2, 0.25) is 10.0 Å². The number of hydrogen-bond acceptors (Lipinski definition) is 5. The molecule has 25 heavy (non-hydrogen) atoms. The fourth-order valence-electron chi connectivity index (χ4n) is 2.48. The van der Waals surface area contributed by atoms with Gasteiger partial charge in [0, 0.05) is 31.7 Å². The summed E-state index contributed by atoms with van der Waals surface area (Å²) in [5.41, 5.74) is 5.76. The van der Waals surface area contributed by atoms with Gasteiger partial charge in [-0.05, 0) is 30.9 Å². The predicted octanol–water partition coefficient (Wildman–Crippen LogP) is 1.49. The van der Waals surface area contributed by atoms with Crippen molar-refractivity contribution in [3.63, 3.8) is 0 Å². The number of halogens is 2. The summed E-state index contributed by atoms with van der Waals surface area (Å²) in [7, 11) is 0.506. The standard InChI is InChI=1S/C15H22ClN3O4S.ClH/c1-19(2)15(20)11-6-10(16)7-13(14(11)23-3)24(21,22)18-12(8-17)9-4-5-9;/h6-7,9,12,18H,4-5,8,17H2,1-3H3;1H. The number of benzene rings is 1. The van der Waals surface area contributed by atoms with Gasteiger partial charge in [0.25, 0.3) is 5.91 Å². The van der Waals surface area contributed by atoms with Gasteiger partial charge in [-0.3, -0.25) is 4.79 Å². The second kappa shape index (κ2) is 8.55. The maximum absolute atomic E-state index is 12.8. The van der Waals surface area contributed by atoms with Gasteiger partial charge >= 0.3 is 0 Å². The van der Waals surface area contributed by atoms with Gasteiger partial charge in [-0.2, -0.15) is 0 Å². The molecule has 1 aromatic rings. The van der Waals surface area contributed by atoms with E-state index in [9.17, 15) is 13.2 Å². The fourth-order valence-corrected chi connectivity index (χ4v) is 4.29. The molecule has 1 amide bonds. The van der Waals surface area contributed by atoms with E-state index in [4.69, 9.17) is 22.1 Å². The van der Waals surface area contributed by atoms with Gasteiger partial charge in [-0.15, -0.1) is 12.4 Å². The van der Waals surface area contributed by atoms with Crippen LogP contribution in [0.25, 0.3) is 0 Å². The van der Waals surface area contributed by atoms with Gasteiger partial charge in [-0.25, -0.2) is 13.1 Å². The number of methoxy groups -OCH3 is 1. The zero-order chi connectivity index (χ0) is 18.1. The van der Waals surface area contributed by atoms with Crippen LogP contribution in [0.2, 0.25) is 5.02 Å². The number of ether oxygens (including phenoxy) is 1. The normalized spacial score (nSPS) is 15.2. The third-order valence-electron chi connectivity index (χ3n) is 3.90. The van der Waals surface area contributed by atoms with E-state index >= 15 is 0 Å². The Kier molecular flexibility index (Phi) is 7.52. The van der Waals surface area contributed by atoms with Crippen molar-refractivity contribution in [1.29, 1.82) is 0 Å². The largest absolute Gasteiger partial charge is 0.494 e. The fraction of sp³-hybridized carbons (Fsp3) is 0.533. The van der Waals surface area contributed by atoms with Gasteiger partial charge < -0.3 is 15.4 Å². The summed E-state index contributed by atoms with van der Waals surface area (Å²) in [6, 6.07) is 2.32. The molecule has 10 heteroatoms. The Morgan fingerprint density at radius 2 is 2.04 bits per heavy atom. The van der Waals surface area contributed by atoms with E-state index in [2.05, 4.69) is 4.72 Å². The summed E-state index contributed by atoms with van der Waals surface area (Å²) in [4.78, 5) is 13.5. The van der Waals surface area contributed by atoms with Crippen molar-refractivity contribution >= 4 is 39.9 Å². The zero-order valence-corrected chi connectivity index (χ0v) is 16.7. The van der Waals surface area contributed by atoms with Crippen molar-refractivity contribution in [3.05, 3.63) is 22.7 Å². The molecule has 1 fully saturated rings. The Morgan fingerprint density at radius 1 is 1.44 bits per heavy atom. The number of hydrogen-bond donors (Lipinski definition) is 2. The molecule has 7 nitrogen and oxygen atoms in total. The minimum absolute atomic E-state index is 0. The van der Waals surface area contributed by atoms with Crippen LogP contribution in [0.1, 0.15) is 23.2 Å². The number of carbonyl (C=O) groups is 1. The molecule has 1 aliphatic rings. The van der Waals surface area contributed by atoms with Crippen LogP contribution in [-0.2, 0) is 10.0 Å². The van der Waals surface area contributed by atoms with Gasteiger partial charge in [0.15, 0.2) is 5.75 Å². The Labute approximate surface area is 159 Å². The molecule has 0 saturated heterocycles. The van der Waals surface area contributed by atoms with E-state index in [0.717, 1.165) is 12.8 Å². The zero-order valence-electron chi connectivity index (χ0n) is 14.3. The second-order valence-corrected chi connectivity index (χ2v) is 8.10. The first-order valence-corrected chi connectivity index (χ1v) is 9.39. The average molecular weight is 412 g/mol. The Morgan fingerprint density at radius 3 is 2.48 bits per heavy atom. The van der Waals surface area contributed by atoms with Crippen LogP contribution in [0.3, 0.4) is 0 Å². The predicted molar refractivity (Wildman–Crippen MR) is 99.2 cm³/mol. The lowest BCUT2D eigenvalue weighted by atomic mass is 10.2. The molecule has 0 radical (unpaired) electrons. The van der Waals surface area contributed by atoms with Crippen molar-refractivity contribution in [2.75, 3.05) is 27.7 Å². The number of sulfonamides is 1. The SMILES string of the molecule is COc1c(C(=O)N(C)C)cc(Cl)cc1S(=O)(=O)NC(CN)C1CC1.Cl. The summed E-state index contributed by atoms with van der Waals surface area (Å²) >= 11 is 6.04. The molecule has 1 aliphatic carbocycles. The number of nitrogens with two attached hydrogens (primary N) is 1. The van der Waals surface area contributed by atoms with E-state index in [1.54, 1.807) is 14.1 Å². The minimum atomic E-state index is -3.93. The number of amides is 1. The molecule has 0 bridgehead atoms. The molecule has 0 aromatic heterocycles. The molecule has 3 N–H and O–H groups in total. The van der Waals surface area contributed by atoms with Crippen LogP contribution in [0.5, 0.6) is 5.75 Å². The van der Waals surface area contributed by atoms with E-state index in [0.29, 0.717) is 0 Å². The number of nitrogens with one attached hydrogen (secondary N) is 1. The van der Waals surface area contributed by atoms with E-state index < -0.39 is 15.9 Å². The first-order chi connectivity index (χ1) is 11.2. The van der Waals surface area contributed by atoms with Crippen molar-refractivity contribution in [3.8, 4) is 5.75 Å². The lowest BCUT2D eigenvalue weighted by molar-refractivity contribution is 0.0824. The van der Waals surface area contributed by atoms with Crippen LogP contribution in [0.15, 0.2) is 17.0 Å². The van der Waals surface area contributed by atoms with Gasteiger partial charge in [0.05, 0.1) is 12.7 Å². The first kappa shape index (κ1) is 22.0. The van der Waals surface area contributed by atoms with E-state index in [1.807, 2.05) is 0 Å². The Balaban J connectivity index is 0.00000312. The van der Waals surface area contributed by atoms with Crippen molar-refractivity contribution < 1.29 is 17.9 Å². The molecule has 0 heterocycles. The molecular formula is C15H23Cl2N3O4S. The molecule has 2 rings (SSSR count). The highest BCUT2D eigenvalue weighted by Gasteiger charge is 2.35. The van der Waals surface area contributed by atoms with Crippen molar-refractivity contribution in [1.82, 2.24) is 9.62 Å². The van der Waals surface area contributed by atoms with Gasteiger partial charge in [-0.1, -0.05) is 11.6 Å². The number of carbonyl (C=O) groups excluding carboxylic acids is 1. The minimum Gasteiger partial charge on any atom is -0.494 e. The lowest BCUT2D eigenvalue weighted by Crippen LogP contribution is -2.41. The molecular weight excluding hydrogens is 389 g/mol. The summed E-state index contributed by atoms with van der Waals surface area (Å²) < 4.78 is 33.4. The highest BCUT2D eigenvalue weighted by atomic mass is 35.5. The van der Waals surface area contributed by atoms with Crippen LogP contribution in [0.4, 0.5) is 0 Å². The summed E-state index contributed by atoms with van der Waals surface area (Å²) in [6.45, 7) is 0.205. The van der Waals surface area contributed by atoms with Crippen LogP contribution in [0, 0.1) is 5.92 Å². The third kappa shape index (κ3) is 4.98. The second-order valence-electron chi connectivity index (χ2n) is 5.99. The summed E-state index contributed by atoms with van der Waals surface area (Å²) in [5, 5.41) is 0.136. The molecule has 1 saturated carbocycles. The molecule has 1 unspecified atom stereocenters. The third-order valence-corrected chi connectivity index (χ3v) is 5.61. The monoisotopic (exact) mass is 411 g/mol. The molecule has 1 atom stereocenters. The molecule has 0 spiro atoms. The maximum atomic E-state index is 12.8. The summed E-state index contributed by atoms with van der Waals surface area (Å²) in [5.74, 6) is -0.182. The summed E-state index contributed by atoms with van der Waals surface area (Å²) in [6.07, 6.45) is 1.89. The molecule has 142 valence electrons. The van der Waals surface area contributed by atoms with Crippen LogP contribution >= 0.6 is 24.0 Å². The number of rotatable bonds is 7. The van der Waals surface area contributed by atoms with Gasteiger partial charge in [0.1, 0.15) is 4.90 Å². The average Bonchev–Trinajstić information content (AvgIpc) is 3.35. The first-order valence-electron chi connectivity index (χ1n) is 7.52. The van der Waals surface area contributed by atoms with E-state index in [-0.39, 0.29) is 52.1 Å². The molecule has 1 aromatic carbocycles. The highest BCUT2D eigenvalue weighted by molar-refractivity contribution is 7.89. The smallest absolute Gasteiger partial charge is 0.257 e. The van der Waals surface area contributed by atoms with Crippen molar-refractivity contribution in [2.45, 2.75) is 23.8 Å². The van der Waals surface area contributed by atoms with Crippen molar-refractivity contribution in [2.24, 2.45) is 11.7 Å². The van der Waals surface area contributed by atoms with E-state index in [1.165, 1.54) is 24.1 Å². The molecule has 0 aliphatic heterocycles. The number of nitrogens with zero attached hydrogens (tertiary/aromatic N) is 1. The Bertz CT molecular complexity index is 737. The maximum Gasteiger partial charge on any atom is 0.257 e. The topological polar surface area (TPSA) is 102 Å². The highest BCUT2D eigenvalue weighted by Crippen LogP contribution is 2.35. The van der Waals surface area contributed by atoms with Crippen LogP contribution in [-0.4, -0.2) is 53.0 Å². The lowest BCUT2D eigenvalue weighted by Gasteiger charge is -2.20.